The molecule has 1 rings (SSSR count). The molecule has 0 spiro atoms. The first-order valence-electron chi connectivity index (χ1n) is 5.38. The van der Waals surface area contributed by atoms with Crippen molar-refractivity contribution in [2.75, 3.05) is 13.1 Å². The van der Waals surface area contributed by atoms with Crippen molar-refractivity contribution in [3.05, 3.63) is 39.7 Å². The molecule has 0 saturated heterocycles. The average Bonchev–Trinajstić information content (AvgIpc) is 2.34. The Balaban J connectivity index is 2.90. The van der Waals surface area contributed by atoms with Gasteiger partial charge in [0.05, 0.1) is 4.92 Å². The van der Waals surface area contributed by atoms with E-state index in [2.05, 4.69) is 5.32 Å². The van der Waals surface area contributed by atoms with Crippen LogP contribution in [0.15, 0.2) is 18.2 Å². The number of benzene rings is 1. The molecule has 1 aromatic rings. The predicted molar refractivity (Wildman–Crippen MR) is 63.6 cm³/mol. The summed E-state index contributed by atoms with van der Waals surface area (Å²) >= 11 is 0. The van der Waals surface area contributed by atoms with Crippen molar-refractivity contribution < 1.29 is 14.1 Å². The van der Waals surface area contributed by atoms with Crippen LogP contribution in [0, 0.1) is 21.8 Å². The lowest BCUT2D eigenvalue weighted by atomic mass is 10.1. The molecule has 1 unspecified atom stereocenters. The molecule has 1 amide bonds. The first-order valence-corrected chi connectivity index (χ1v) is 5.38. The molecule has 3 N–H and O–H groups in total. The number of carbonyl (C=O) groups is 1. The van der Waals surface area contributed by atoms with Gasteiger partial charge in [0.2, 0.25) is 0 Å². The zero-order valence-electron chi connectivity index (χ0n) is 9.85. The third-order valence-electron chi connectivity index (χ3n) is 2.41. The molecule has 7 heteroatoms. The van der Waals surface area contributed by atoms with Crippen LogP contribution in [0.2, 0.25) is 0 Å². The van der Waals surface area contributed by atoms with Crippen LogP contribution in [0.5, 0.6) is 0 Å². The van der Waals surface area contributed by atoms with Gasteiger partial charge >= 0.3 is 0 Å². The number of nitro benzene ring substituents is 1. The van der Waals surface area contributed by atoms with Gasteiger partial charge in [-0.2, -0.15) is 0 Å². The number of carbonyl (C=O) groups excluding carboxylic acids is 1. The number of nitrogens with two attached hydrogens (primary N) is 1. The van der Waals surface area contributed by atoms with Crippen LogP contribution >= 0.6 is 0 Å². The Morgan fingerprint density at radius 2 is 2.28 bits per heavy atom. The van der Waals surface area contributed by atoms with Crippen LogP contribution in [0.1, 0.15) is 17.3 Å². The summed E-state index contributed by atoms with van der Waals surface area (Å²) in [6.07, 6.45) is 0. The zero-order chi connectivity index (χ0) is 13.7. The van der Waals surface area contributed by atoms with E-state index in [1.54, 1.807) is 0 Å². The van der Waals surface area contributed by atoms with Gasteiger partial charge in [0.15, 0.2) is 0 Å². The SMILES string of the molecule is CC(CN)CNC(=O)c1cc(F)ccc1[N+](=O)[O-]. The van der Waals surface area contributed by atoms with Gasteiger partial charge in [-0.3, -0.25) is 14.9 Å². The highest BCUT2D eigenvalue weighted by atomic mass is 19.1. The molecule has 0 saturated carbocycles. The number of amides is 1. The van der Waals surface area contributed by atoms with Crippen LogP contribution in [-0.4, -0.2) is 23.9 Å². The van der Waals surface area contributed by atoms with Crippen molar-refractivity contribution in [3.8, 4) is 0 Å². The number of nitrogens with zero attached hydrogens (tertiary/aromatic N) is 1. The lowest BCUT2D eigenvalue weighted by Gasteiger charge is -2.10. The van der Waals surface area contributed by atoms with Gasteiger partial charge in [-0.25, -0.2) is 4.39 Å². The maximum atomic E-state index is 13.0. The molecule has 0 aromatic heterocycles. The smallest absolute Gasteiger partial charge is 0.282 e. The number of nitrogens with one attached hydrogen (secondary N) is 1. The Kier molecular flexibility index (Phi) is 4.73. The van der Waals surface area contributed by atoms with E-state index in [9.17, 15) is 19.3 Å². The molecule has 18 heavy (non-hydrogen) atoms. The van der Waals surface area contributed by atoms with Crippen molar-refractivity contribution in [3.63, 3.8) is 0 Å². The molecular formula is C11H14FN3O3. The molecule has 98 valence electrons. The quantitative estimate of drug-likeness (QED) is 0.607. The van der Waals surface area contributed by atoms with E-state index in [0.717, 1.165) is 18.2 Å². The second-order valence-electron chi connectivity index (χ2n) is 3.97. The molecule has 1 aromatic carbocycles. The van der Waals surface area contributed by atoms with E-state index in [1.165, 1.54) is 0 Å². The largest absolute Gasteiger partial charge is 0.351 e. The van der Waals surface area contributed by atoms with Crippen molar-refractivity contribution in [2.24, 2.45) is 11.7 Å². The topological polar surface area (TPSA) is 98.3 Å². The van der Waals surface area contributed by atoms with E-state index in [-0.39, 0.29) is 18.0 Å². The fraction of sp³-hybridized carbons (Fsp3) is 0.364. The minimum absolute atomic E-state index is 0.0431. The second-order valence-corrected chi connectivity index (χ2v) is 3.97. The van der Waals surface area contributed by atoms with Crippen molar-refractivity contribution in [1.29, 1.82) is 0 Å². The van der Waals surface area contributed by atoms with Gasteiger partial charge in [0.25, 0.3) is 11.6 Å². The number of hydrogen-bond acceptors (Lipinski definition) is 4. The summed E-state index contributed by atoms with van der Waals surface area (Å²) in [5.41, 5.74) is 4.67. The first-order chi connectivity index (χ1) is 8.45. The fourth-order valence-corrected chi connectivity index (χ4v) is 1.29. The Bertz CT molecular complexity index is 465. The minimum atomic E-state index is -0.722. The third kappa shape index (κ3) is 3.49. The number of hydrogen-bond donors (Lipinski definition) is 2. The monoisotopic (exact) mass is 255 g/mol. The molecule has 6 nitrogen and oxygen atoms in total. The number of halogens is 1. The Morgan fingerprint density at radius 1 is 1.61 bits per heavy atom. The number of rotatable bonds is 5. The third-order valence-corrected chi connectivity index (χ3v) is 2.41. The molecule has 0 radical (unpaired) electrons. The number of nitro groups is 1. The highest BCUT2D eigenvalue weighted by molar-refractivity contribution is 5.98. The van der Waals surface area contributed by atoms with Crippen LogP contribution in [0.3, 0.4) is 0 Å². The van der Waals surface area contributed by atoms with Crippen LogP contribution < -0.4 is 11.1 Å². The van der Waals surface area contributed by atoms with Gasteiger partial charge in [-0.15, -0.1) is 0 Å². The highest BCUT2D eigenvalue weighted by Crippen LogP contribution is 2.19. The summed E-state index contributed by atoms with van der Waals surface area (Å²) < 4.78 is 13.0. The van der Waals surface area contributed by atoms with Crippen molar-refractivity contribution >= 4 is 11.6 Å². The van der Waals surface area contributed by atoms with Gasteiger partial charge < -0.3 is 11.1 Å². The normalized spacial score (nSPS) is 11.9. The molecular weight excluding hydrogens is 241 g/mol. The molecule has 1 atom stereocenters. The predicted octanol–water partition coefficient (Wildman–Crippen LogP) is 1.06. The van der Waals surface area contributed by atoms with Crippen molar-refractivity contribution in [1.82, 2.24) is 5.32 Å². The molecule has 0 aliphatic rings. The van der Waals surface area contributed by atoms with Gasteiger partial charge in [-0.05, 0) is 24.6 Å². The fourth-order valence-electron chi connectivity index (χ4n) is 1.29. The molecule has 0 aliphatic heterocycles. The lowest BCUT2D eigenvalue weighted by molar-refractivity contribution is -0.385. The van der Waals surface area contributed by atoms with E-state index < -0.39 is 22.3 Å². The first kappa shape index (κ1) is 14.0. The Morgan fingerprint density at radius 3 is 2.83 bits per heavy atom. The van der Waals surface area contributed by atoms with Crippen LogP contribution in [0.4, 0.5) is 10.1 Å². The zero-order valence-corrected chi connectivity index (χ0v) is 9.85. The van der Waals surface area contributed by atoms with E-state index in [0.29, 0.717) is 6.54 Å². The lowest BCUT2D eigenvalue weighted by Crippen LogP contribution is -2.31. The Labute approximate surface area is 103 Å². The molecule has 0 bridgehead atoms. The molecule has 0 aliphatic carbocycles. The second kappa shape index (κ2) is 6.06. The van der Waals surface area contributed by atoms with E-state index in [4.69, 9.17) is 5.73 Å². The Hall–Kier alpha value is -2.02. The summed E-state index contributed by atoms with van der Waals surface area (Å²) in [7, 11) is 0. The van der Waals surface area contributed by atoms with Gasteiger partial charge in [-0.1, -0.05) is 6.92 Å². The highest BCUT2D eigenvalue weighted by Gasteiger charge is 2.20. The summed E-state index contributed by atoms with van der Waals surface area (Å²) in [6.45, 7) is 2.48. The minimum Gasteiger partial charge on any atom is -0.351 e. The molecule has 0 heterocycles. The van der Waals surface area contributed by atoms with Gasteiger partial charge in [0.1, 0.15) is 11.4 Å². The summed E-state index contributed by atoms with van der Waals surface area (Å²) in [6, 6.07) is 2.76. The maximum Gasteiger partial charge on any atom is 0.282 e. The van der Waals surface area contributed by atoms with E-state index >= 15 is 0 Å². The summed E-state index contributed by atoms with van der Waals surface area (Å²) in [5, 5.41) is 13.2. The van der Waals surface area contributed by atoms with Crippen LogP contribution in [0.25, 0.3) is 0 Å². The standard InChI is InChI=1S/C11H14FN3O3/c1-7(5-13)6-14-11(16)9-4-8(12)2-3-10(9)15(17)18/h2-4,7H,5-6,13H2,1H3,(H,14,16). The molecule has 0 fully saturated rings. The van der Waals surface area contributed by atoms with Crippen molar-refractivity contribution in [2.45, 2.75) is 6.92 Å². The summed E-state index contributed by atoms with van der Waals surface area (Å²) in [5.74, 6) is -1.33. The average molecular weight is 255 g/mol. The summed E-state index contributed by atoms with van der Waals surface area (Å²) in [4.78, 5) is 21.7. The van der Waals surface area contributed by atoms with Gasteiger partial charge in [0, 0.05) is 12.6 Å². The maximum absolute atomic E-state index is 13.0. The van der Waals surface area contributed by atoms with Crippen LogP contribution in [-0.2, 0) is 0 Å². The van der Waals surface area contributed by atoms with E-state index in [1.807, 2.05) is 6.92 Å².